The molecule has 0 aliphatic heterocycles. The van der Waals surface area contributed by atoms with Gasteiger partial charge < -0.3 is 5.73 Å². The molecule has 0 fully saturated rings. The summed E-state index contributed by atoms with van der Waals surface area (Å²) >= 11 is 5.95. The Morgan fingerprint density at radius 3 is 2.10 bits per heavy atom. The summed E-state index contributed by atoms with van der Waals surface area (Å²) in [5, 5.41) is 10.5. The Morgan fingerprint density at radius 1 is 1.00 bits per heavy atom. The summed E-state index contributed by atoms with van der Waals surface area (Å²) in [5.74, 6) is 0. The van der Waals surface area contributed by atoms with Gasteiger partial charge in [0, 0.05) is 5.02 Å². The van der Waals surface area contributed by atoms with Crippen molar-refractivity contribution in [2.75, 3.05) is 6.54 Å². The molecule has 1 atom stereocenters. The summed E-state index contributed by atoms with van der Waals surface area (Å²) in [7, 11) is 0. The van der Waals surface area contributed by atoms with Gasteiger partial charge in [0.1, 0.15) is 5.41 Å². The summed E-state index contributed by atoms with van der Waals surface area (Å²) < 4.78 is 0. The van der Waals surface area contributed by atoms with E-state index in [9.17, 15) is 5.26 Å². The zero-order chi connectivity index (χ0) is 14.4. The van der Waals surface area contributed by atoms with Crippen molar-refractivity contribution >= 4 is 24.0 Å². The third-order valence-electron chi connectivity index (χ3n) is 3.55. The lowest BCUT2D eigenvalue weighted by Crippen LogP contribution is -2.26. The van der Waals surface area contributed by atoms with Crippen LogP contribution in [0.1, 0.15) is 24.0 Å². The Kier molecular flexibility index (Phi) is 6.71. The van der Waals surface area contributed by atoms with Crippen LogP contribution in [0, 0.1) is 11.3 Å². The smallest absolute Gasteiger partial charge is 0.107 e. The van der Waals surface area contributed by atoms with Crippen LogP contribution in [0.25, 0.3) is 0 Å². The topological polar surface area (TPSA) is 49.8 Å². The van der Waals surface area contributed by atoms with Gasteiger partial charge in [-0.3, -0.25) is 0 Å². The van der Waals surface area contributed by atoms with E-state index in [2.05, 4.69) is 6.07 Å². The van der Waals surface area contributed by atoms with Crippen molar-refractivity contribution in [3.63, 3.8) is 0 Å². The van der Waals surface area contributed by atoms with Gasteiger partial charge in [0.05, 0.1) is 6.07 Å². The second-order valence-electron chi connectivity index (χ2n) is 4.78. The highest BCUT2D eigenvalue weighted by Gasteiger charge is 2.33. The normalized spacial score (nSPS) is 12.8. The molecular weight excluding hydrogens is 303 g/mol. The molecule has 2 nitrogen and oxygen atoms in total. The van der Waals surface area contributed by atoms with Crippen LogP contribution in [-0.4, -0.2) is 6.54 Å². The van der Waals surface area contributed by atoms with Crippen molar-refractivity contribution in [2.24, 2.45) is 5.73 Å². The average Bonchev–Trinajstić information content (AvgIpc) is 2.51. The second kappa shape index (κ2) is 8.05. The van der Waals surface area contributed by atoms with Crippen molar-refractivity contribution in [1.29, 1.82) is 5.26 Å². The van der Waals surface area contributed by atoms with E-state index in [0.717, 1.165) is 17.5 Å². The molecule has 0 amide bonds. The van der Waals surface area contributed by atoms with E-state index < -0.39 is 5.41 Å². The Hall–Kier alpha value is -1.53. The monoisotopic (exact) mass is 320 g/mol. The molecule has 0 aliphatic rings. The molecule has 0 saturated heterocycles. The molecule has 110 valence electrons. The zero-order valence-corrected chi connectivity index (χ0v) is 13.2. The Labute approximate surface area is 137 Å². The van der Waals surface area contributed by atoms with Crippen LogP contribution in [0.2, 0.25) is 5.02 Å². The van der Waals surface area contributed by atoms with Gasteiger partial charge >= 0.3 is 0 Å². The lowest BCUT2D eigenvalue weighted by atomic mass is 9.72. The Bertz CT molecular complexity index is 590. The summed E-state index contributed by atoms with van der Waals surface area (Å²) in [6.45, 7) is 0.573. The molecule has 2 N–H and O–H groups in total. The van der Waals surface area contributed by atoms with Crippen molar-refractivity contribution in [1.82, 2.24) is 0 Å². The van der Waals surface area contributed by atoms with Crippen molar-refractivity contribution in [2.45, 2.75) is 18.3 Å². The van der Waals surface area contributed by atoms with E-state index in [1.165, 1.54) is 0 Å². The lowest BCUT2D eigenvalue weighted by molar-refractivity contribution is 0.567. The van der Waals surface area contributed by atoms with E-state index in [1.807, 2.05) is 54.6 Å². The van der Waals surface area contributed by atoms with Crippen LogP contribution in [-0.2, 0) is 5.41 Å². The number of halogens is 2. The van der Waals surface area contributed by atoms with Gasteiger partial charge in [-0.05, 0) is 42.6 Å². The van der Waals surface area contributed by atoms with Gasteiger partial charge in [-0.15, -0.1) is 12.4 Å². The number of nitrogens with zero attached hydrogens (tertiary/aromatic N) is 1. The van der Waals surface area contributed by atoms with Gasteiger partial charge in [-0.25, -0.2) is 0 Å². The number of benzene rings is 2. The van der Waals surface area contributed by atoms with Crippen LogP contribution in [0.15, 0.2) is 54.6 Å². The number of nitriles is 1. The number of hydrogen-bond donors (Lipinski definition) is 1. The second-order valence-corrected chi connectivity index (χ2v) is 5.22. The SMILES string of the molecule is Cl.N#CC(CCCN)(c1ccccc1)c1ccc(Cl)cc1. The van der Waals surface area contributed by atoms with Crippen LogP contribution >= 0.6 is 24.0 Å². The summed E-state index contributed by atoms with van der Waals surface area (Å²) in [6.07, 6.45) is 1.50. The predicted molar refractivity (Wildman–Crippen MR) is 89.8 cm³/mol. The molecular formula is C17H18Cl2N2. The van der Waals surface area contributed by atoms with Gasteiger partial charge in [-0.2, -0.15) is 5.26 Å². The first kappa shape index (κ1) is 17.5. The molecule has 0 spiro atoms. The zero-order valence-electron chi connectivity index (χ0n) is 11.6. The minimum absolute atomic E-state index is 0. The maximum atomic E-state index is 9.86. The summed E-state index contributed by atoms with van der Waals surface area (Å²) in [4.78, 5) is 0. The van der Waals surface area contributed by atoms with Crippen LogP contribution < -0.4 is 5.73 Å². The van der Waals surface area contributed by atoms with Gasteiger partial charge in [0.2, 0.25) is 0 Å². The third-order valence-corrected chi connectivity index (χ3v) is 3.80. The first-order valence-corrected chi connectivity index (χ1v) is 7.03. The fourth-order valence-corrected chi connectivity index (χ4v) is 2.59. The Balaban J connectivity index is 0.00000220. The molecule has 2 aromatic carbocycles. The lowest BCUT2D eigenvalue weighted by Gasteiger charge is -2.28. The van der Waals surface area contributed by atoms with Gasteiger partial charge in [0.25, 0.3) is 0 Å². The number of nitrogens with two attached hydrogens (primary N) is 1. The van der Waals surface area contributed by atoms with Gasteiger partial charge in [0.15, 0.2) is 0 Å². The van der Waals surface area contributed by atoms with Crippen LogP contribution in [0.4, 0.5) is 0 Å². The minimum atomic E-state index is -0.661. The molecule has 0 bridgehead atoms. The number of hydrogen-bond acceptors (Lipinski definition) is 2. The fourth-order valence-electron chi connectivity index (χ4n) is 2.46. The molecule has 4 heteroatoms. The fraction of sp³-hybridized carbons (Fsp3) is 0.235. The maximum absolute atomic E-state index is 9.86. The molecule has 0 heterocycles. The van der Waals surface area contributed by atoms with Crippen molar-refractivity contribution in [3.8, 4) is 6.07 Å². The molecule has 0 aromatic heterocycles. The first-order chi connectivity index (χ1) is 9.73. The van der Waals surface area contributed by atoms with Crippen molar-refractivity contribution in [3.05, 3.63) is 70.7 Å². The third kappa shape index (κ3) is 3.77. The van der Waals surface area contributed by atoms with Crippen LogP contribution in [0.3, 0.4) is 0 Å². The quantitative estimate of drug-likeness (QED) is 0.892. The Morgan fingerprint density at radius 2 is 1.57 bits per heavy atom. The maximum Gasteiger partial charge on any atom is 0.107 e. The highest BCUT2D eigenvalue weighted by atomic mass is 35.5. The summed E-state index contributed by atoms with van der Waals surface area (Å²) in [6, 6.07) is 19.9. The molecule has 21 heavy (non-hydrogen) atoms. The largest absolute Gasteiger partial charge is 0.330 e. The average molecular weight is 321 g/mol. The van der Waals surface area contributed by atoms with Crippen LogP contribution in [0.5, 0.6) is 0 Å². The standard InChI is InChI=1S/C17H17ClN2.ClH/c18-16-9-7-15(8-10-16)17(13-20,11-4-12-19)14-5-2-1-3-6-14;/h1-3,5-10H,4,11-12,19H2;1H. The van der Waals surface area contributed by atoms with E-state index in [1.54, 1.807) is 0 Å². The molecule has 0 aliphatic carbocycles. The first-order valence-electron chi connectivity index (χ1n) is 6.66. The number of rotatable bonds is 5. The molecule has 0 saturated carbocycles. The van der Waals surface area contributed by atoms with E-state index in [4.69, 9.17) is 17.3 Å². The molecule has 1 unspecified atom stereocenters. The van der Waals surface area contributed by atoms with E-state index >= 15 is 0 Å². The predicted octanol–water partition coefficient (Wildman–Crippen LogP) is 4.31. The summed E-state index contributed by atoms with van der Waals surface area (Å²) in [5.41, 5.74) is 6.94. The molecule has 2 aromatic rings. The molecule has 0 radical (unpaired) electrons. The van der Waals surface area contributed by atoms with E-state index in [0.29, 0.717) is 18.0 Å². The van der Waals surface area contributed by atoms with Gasteiger partial charge in [-0.1, -0.05) is 54.1 Å². The highest BCUT2D eigenvalue weighted by Crippen LogP contribution is 2.36. The highest BCUT2D eigenvalue weighted by molar-refractivity contribution is 6.30. The molecule has 2 rings (SSSR count). The minimum Gasteiger partial charge on any atom is -0.330 e. The van der Waals surface area contributed by atoms with Crippen molar-refractivity contribution < 1.29 is 0 Å². The van der Waals surface area contributed by atoms with E-state index in [-0.39, 0.29) is 12.4 Å².